The van der Waals surface area contributed by atoms with Gasteiger partial charge in [-0.15, -0.1) is 0 Å². The second-order valence-electron chi connectivity index (χ2n) is 14.0. The number of ether oxygens (including phenoxy) is 1. The molecule has 1 amide bonds. The van der Waals surface area contributed by atoms with Crippen molar-refractivity contribution in [2.24, 2.45) is 0 Å². The SMILES string of the molecule is CCc1cc(Cc2ccc(NC(=O)c3cc(COOCc4ccccc4)ccc3C(=O)O)c(C)c2)ccc1NOCc1cc(C(=O)OCc2ccccc2)ccc1COO. The third kappa shape index (κ3) is 11.9. The molecule has 308 valence electrons. The number of benzene rings is 6. The minimum atomic E-state index is -1.22. The molecule has 0 fully saturated rings. The molecule has 0 spiro atoms. The zero-order valence-corrected chi connectivity index (χ0v) is 33.3. The molecule has 0 aliphatic heterocycles. The lowest BCUT2D eigenvalue weighted by Crippen LogP contribution is -2.17. The van der Waals surface area contributed by atoms with Gasteiger partial charge < -0.3 is 15.2 Å². The molecule has 0 aromatic heterocycles. The van der Waals surface area contributed by atoms with Crippen LogP contribution in [0.3, 0.4) is 0 Å². The van der Waals surface area contributed by atoms with Crippen LogP contribution in [0.4, 0.5) is 11.4 Å². The number of esters is 1. The Bertz CT molecular complexity index is 2400. The number of aryl methyl sites for hydroxylation is 2. The van der Waals surface area contributed by atoms with Gasteiger partial charge in [-0.25, -0.2) is 24.3 Å². The fourth-order valence-electron chi connectivity index (χ4n) is 6.50. The van der Waals surface area contributed by atoms with Crippen molar-refractivity contribution >= 4 is 29.2 Å². The first kappa shape index (κ1) is 42.9. The van der Waals surface area contributed by atoms with Crippen molar-refractivity contribution in [2.75, 3.05) is 10.8 Å². The molecular formula is C48H46N2O10. The molecule has 0 radical (unpaired) electrons. The van der Waals surface area contributed by atoms with E-state index in [1.165, 1.54) is 12.1 Å². The van der Waals surface area contributed by atoms with Crippen molar-refractivity contribution in [1.29, 1.82) is 0 Å². The average molecular weight is 811 g/mol. The highest BCUT2D eigenvalue weighted by Crippen LogP contribution is 2.25. The van der Waals surface area contributed by atoms with Gasteiger partial charge in [0, 0.05) is 5.69 Å². The second-order valence-corrected chi connectivity index (χ2v) is 14.0. The molecule has 0 atom stereocenters. The Morgan fingerprint density at radius 2 is 1.23 bits per heavy atom. The van der Waals surface area contributed by atoms with E-state index < -0.39 is 17.8 Å². The maximum absolute atomic E-state index is 13.5. The molecular weight excluding hydrogens is 765 g/mol. The number of anilines is 2. The summed E-state index contributed by atoms with van der Waals surface area (Å²) in [5, 5.41) is 21.8. The maximum atomic E-state index is 13.5. The van der Waals surface area contributed by atoms with Gasteiger partial charge in [0.2, 0.25) is 0 Å². The molecule has 6 rings (SSSR count). The number of nitrogens with one attached hydrogen (secondary N) is 2. The molecule has 12 heteroatoms. The van der Waals surface area contributed by atoms with Crippen LogP contribution in [-0.4, -0.2) is 28.2 Å². The van der Waals surface area contributed by atoms with Crippen LogP contribution in [-0.2, 0) is 70.1 Å². The molecule has 4 N–H and O–H groups in total. The first-order chi connectivity index (χ1) is 29.2. The highest BCUT2D eigenvalue weighted by Gasteiger charge is 2.19. The number of carbonyl (C=O) groups excluding carboxylic acids is 2. The summed E-state index contributed by atoms with van der Waals surface area (Å²) in [6.07, 6.45) is 1.35. The summed E-state index contributed by atoms with van der Waals surface area (Å²) in [4.78, 5) is 59.2. The zero-order chi connectivity index (χ0) is 42.3. The first-order valence-corrected chi connectivity index (χ1v) is 19.3. The number of carboxylic acids is 1. The Hall–Kier alpha value is -6.67. The van der Waals surface area contributed by atoms with Gasteiger partial charge in [-0.2, -0.15) is 0 Å². The molecule has 0 aliphatic rings. The van der Waals surface area contributed by atoms with Gasteiger partial charge in [-0.05, 0) is 106 Å². The summed E-state index contributed by atoms with van der Waals surface area (Å²) in [6.45, 7) is 4.34. The minimum absolute atomic E-state index is 0.00674. The summed E-state index contributed by atoms with van der Waals surface area (Å²) in [5.41, 5.74) is 12.2. The lowest BCUT2D eigenvalue weighted by Gasteiger charge is -2.15. The summed E-state index contributed by atoms with van der Waals surface area (Å²) >= 11 is 0. The Labute approximate surface area is 348 Å². The number of hydrogen-bond acceptors (Lipinski definition) is 10. The topological polar surface area (TPSA) is 162 Å². The molecule has 0 unspecified atom stereocenters. The molecule has 0 saturated heterocycles. The van der Waals surface area contributed by atoms with Crippen molar-refractivity contribution in [2.45, 2.75) is 59.7 Å². The fraction of sp³-hybridized carbons (Fsp3) is 0.188. The predicted octanol–water partition coefficient (Wildman–Crippen LogP) is 9.64. The molecule has 0 aliphatic carbocycles. The Kier molecular flexibility index (Phi) is 15.3. The van der Waals surface area contributed by atoms with Gasteiger partial charge in [0.05, 0.1) is 22.4 Å². The third-order valence-electron chi connectivity index (χ3n) is 9.72. The number of carbonyl (C=O) groups is 3. The number of amides is 1. The van der Waals surface area contributed by atoms with E-state index in [1.54, 1.807) is 24.3 Å². The van der Waals surface area contributed by atoms with Crippen LogP contribution in [0.5, 0.6) is 0 Å². The number of aromatic carboxylic acids is 1. The van der Waals surface area contributed by atoms with Gasteiger partial charge >= 0.3 is 11.9 Å². The highest BCUT2D eigenvalue weighted by atomic mass is 17.2. The summed E-state index contributed by atoms with van der Waals surface area (Å²) in [7, 11) is 0. The van der Waals surface area contributed by atoms with Crippen molar-refractivity contribution in [3.8, 4) is 0 Å². The van der Waals surface area contributed by atoms with E-state index in [1.807, 2.05) is 105 Å². The Morgan fingerprint density at radius 1 is 0.583 bits per heavy atom. The molecule has 6 aromatic rings. The first-order valence-electron chi connectivity index (χ1n) is 19.3. The summed E-state index contributed by atoms with van der Waals surface area (Å²) in [5.74, 6) is -2.25. The number of rotatable bonds is 20. The average Bonchev–Trinajstić information content (AvgIpc) is 3.26. The van der Waals surface area contributed by atoms with Gasteiger partial charge in [-0.1, -0.05) is 104 Å². The van der Waals surface area contributed by atoms with Gasteiger partial charge in [0.25, 0.3) is 5.91 Å². The van der Waals surface area contributed by atoms with E-state index >= 15 is 0 Å². The van der Waals surface area contributed by atoms with E-state index in [2.05, 4.69) is 21.8 Å². The largest absolute Gasteiger partial charge is 0.478 e. The highest BCUT2D eigenvalue weighted by molar-refractivity contribution is 6.11. The fourth-order valence-corrected chi connectivity index (χ4v) is 6.50. The molecule has 0 heterocycles. The Morgan fingerprint density at radius 3 is 1.90 bits per heavy atom. The predicted molar refractivity (Wildman–Crippen MR) is 225 cm³/mol. The minimum Gasteiger partial charge on any atom is -0.478 e. The lowest BCUT2D eigenvalue weighted by molar-refractivity contribution is -0.313. The van der Waals surface area contributed by atoms with Gasteiger partial charge in [0.1, 0.15) is 33.0 Å². The van der Waals surface area contributed by atoms with E-state index in [-0.39, 0.29) is 44.2 Å². The standard InChI is InChI=1S/C48H46N2O10/c1-3-38-24-36(16-21-45(38)50-57-30-41-26-39(17-18-40(41)31-58-55)48(54)56-27-33-10-6-4-7-11-33)23-35-15-20-44(32(2)22-35)49-46(51)43-25-37(14-19-42(43)47(52)53)29-60-59-28-34-12-8-5-9-13-34/h4-22,24-26,50,55H,3,23,27-31H2,1-2H3,(H,49,51)(H,52,53). The van der Waals surface area contributed by atoms with Crippen LogP contribution in [0, 0.1) is 6.92 Å². The molecule has 0 bridgehead atoms. The van der Waals surface area contributed by atoms with Crippen LogP contribution in [0.25, 0.3) is 0 Å². The molecule has 12 nitrogen and oxygen atoms in total. The summed E-state index contributed by atoms with van der Waals surface area (Å²) in [6, 6.07) is 40.2. The molecule has 6 aromatic carbocycles. The molecule has 60 heavy (non-hydrogen) atoms. The van der Waals surface area contributed by atoms with E-state index in [0.717, 1.165) is 45.5 Å². The molecule has 0 saturated carbocycles. The normalized spacial score (nSPS) is 10.9. The van der Waals surface area contributed by atoms with Crippen LogP contribution >= 0.6 is 0 Å². The van der Waals surface area contributed by atoms with Crippen molar-refractivity contribution in [3.05, 3.63) is 200 Å². The Balaban J connectivity index is 1.05. The van der Waals surface area contributed by atoms with E-state index in [4.69, 9.17) is 24.6 Å². The van der Waals surface area contributed by atoms with Crippen LogP contribution in [0.2, 0.25) is 0 Å². The van der Waals surface area contributed by atoms with Crippen LogP contribution in [0.15, 0.2) is 133 Å². The van der Waals surface area contributed by atoms with E-state index in [9.17, 15) is 19.5 Å². The monoisotopic (exact) mass is 810 g/mol. The summed E-state index contributed by atoms with van der Waals surface area (Å²) < 4.78 is 5.49. The second kappa shape index (κ2) is 21.4. The van der Waals surface area contributed by atoms with Crippen molar-refractivity contribution < 1.29 is 49.0 Å². The van der Waals surface area contributed by atoms with Crippen LogP contribution in [0.1, 0.15) is 88.1 Å². The van der Waals surface area contributed by atoms with Gasteiger partial charge in [0.15, 0.2) is 0 Å². The third-order valence-corrected chi connectivity index (χ3v) is 9.72. The van der Waals surface area contributed by atoms with E-state index in [0.29, 0.717) is 34.4 Å². The van der Waals surface area contributed by atoms with Crippen LogP contribution < -0.4 is 10.8 Å². The number of carboxylic acid groups (broad SMARTS) is 1. The number of hydrogen-bond donors (Lipinski definition) is 4. The van der Waals surface area contributed by atoms with Crippen molar-refractivity contribution in [1.82, 2.24) is 0 Å². The van der Waals surface area contributed by atoms with Crippen molar-refractivity contribution in [3.63, 3.8) is 0 Å². The zero-order valence-electron chi connectivity index (χ0n) is 33.3. The quantitative estimate of drug-likeness (QED) is 0.0251. The maximum Gasteiger partial charge on any atom is 0.338 e. The van der Waals surface area contributed by atoms with Gasteiger partial charge in [-0.3, -0.25) is 20.4 Å². The smallest absolute Gasteiger partial charge is 0.338 e. The lowest BCUT2D eigenvalue weighted by atomic mass is 9.99.